The molecule has 4 rings (SSSR count). The van der Waals surface area contributed by atoms with E-state index in [4.69, 9.17) is 4.74 Å². The fraction of sp³-hybridized carbons (Fsp3) is 0.120. The molecule has 0 aromatic heterocycles. The van der Waals surface area contributed by atoms with Crippen molar-refractivity contribution in [3.05, 3.63) is 89.0 Å². The van der Waals surface area contributed by atoms with Crippen LogP contribution in [0.4, 0.5) is 14.5 Å². The molecular formula is C25H19F2NO4. The number of fused-ring (bicyclic) bond motifs is 1. The summed E-state index contributed by atoms with van der Waals surface area (Å²) in [4.78, 5) is 27.9. The number of hydrogen-bond acceptors (Lipinski definition) is 4. The van der Waals surface area contributed by atoms with E-state index in [1.165, 1.54) is 25.3 Å². The van der Waals surface area contributed by atoms with Crippen LogP contribution in [0.15, 0.2) is 66.7 Å². The molecule has 3 aromatic rings. The lowest BCUT2D eigenvalue weighted by Gasteiger charge is -2.29. The van der Waals surface area contributed by atoms with Crippen LogP contribution < -0.4 is 14.4 Å². The molecule has 5 nitrogen and oxygen atoms in total. The number of carbonyl (C=O) groups excluding carboxylic acids is 2. The van der Waals surface area contributed by atoms with Gasteiger partial charge >= 0.3 is 6.61 Å². The van der Waals surface area contributed by atoms with Gasteiger partial charge in [-0.05, 0) is 54.0 Å². The van der Waals surface area contributed by atoms with Gasteiger partial charge in [0.1, 0.15) is 0 Å². The molecule has 3 aromatic carbocycles. The molecular weight excluding hydrogens is 416 g/mol. The van der Waals surface area contributed by atoms with Crippen LogP contribution in [0.5, 0.6) is 11.5 Å². The van der Waals surface area contributed by atoms with Crippen LogP contribution in [0.1, 0.15) is 27.0 Å². The van der Waals surface area contributed by atoms with Gasteiger partial charge in [0.2, 0.25) is 0 Å². The highest BCUT2D eigenvalue weighted by molar-refractivity contribution is 6.43. The number of hydrogen-bond donors (Lipinski definition) is 0. The lowest BCUT2D eigenvalue weighted by atomic mass is 9.91. The predicted molar refractivity (Wildman–Crippen MR) is 117 cm³/mol. The molecule has 0 N–H and O–H groups in total. The van der Waals surface area contributed by atoms with E-state index < -0.39 is 18.4 Å². The van der Waals surface area contributed by atoms with Crippen LogP contribution in [0.2, 0.25) is 0 Å². The van der Waals surface area contributed by atoms with Gasteiger partial charge in [0.05, 0.1) is 12.8 Å². The van der Waals surface area contributed by atoms with Crippen molar-refractivity contribution in [3.8, 4) is 11.5 Å². The van der Waals surface area contributed by atoms with E-state index in [1.54, 1.807) is 42.5 Å². The number of imide groups is 1. The zero-order chi connectivity index (χ0) is 22.8. The molecule has 0 bridgehead atoms. The molecule has 0 fully saturated rings. The summed E-state index contributed by atoms with van der Waals surface area (Å²) in [5.41, 5.74) is 3.00. The third kappa shape index (κ3) is 3.85. The molecule has 1 heterocycles. The van der Waals surface area contributed by atoms with Gasteiger partial charge in [-0.25, -0.2) is 4.90 Å². The van der Waals surface area contributed by atoms with Crippen molar-refractivity contribution >= 4 is 29.2 Å². The van der Waals surface area contributed by atoms with Gasteiger partial charge in [-0.15, -0.1) is 0 Å². The lowest BCUT2D eigenvalue weighted by molar-refractivity contribution is -0.112. The number of aryl methyl sites for hydroxylation is 1. The van der Waals surface area contributed by atoms with E-state index in [-0.39, 0.29) is 11.5 Å². The first-order chi connectivity index (χ1) is 15.4. The average molecular weight is 435 g/mol. The summed E-state index contributed by atoms with van der Waals surface area (Å²) < 4.78 is 34.9. The Morgan fingerprint density at radius 3 is 2.25 bits per heavy atom. The van der Waals surface area contributed by atoms with Crippen LogP contribution in [0.3, 0.4) is 0 Å². The molecule has 32 heavy (non-hydrogen) atoms. The van der Waals surface area contributed by atoms with Gasteiger partial charge < -0.3 is 9.47 Å². The first-order valence-electron chi connectivity index (χ1n) is 9.79. The number of methoxy groups -OCH3 is 1. The van der Waals surface area contributed by atoms with Crippen molar-refractivity contribution in [1.29, 1.82) is 0 Å². The van der Waals surface area contributed by atoms with Crippen LogP contribution in [-0.4, -0.2) is 25.5 Å². The second-order valence-corrected chi connectivity index (χ2v) is 7.12. The third-order valence-corrected chi connectivity index (χ3v) is 5.16. The standard InChI is InChI=1S/C25H19F2NO4/c1-15-7-3-6-10-20(15)28-23(29)18-9-5-4-8-17(18)19(24(28)30)13-16-11-12-21(32-25(26)27)22(14-16)31-2/h3-14,25H,1-2H3/b19-13-. The number of alkyl halides is 2. The molecule has 1 aliphatic heterocycles. The Labute approximate surface area is 183 Å². The highest BCUT2D eigenvalue weighted by atomic mass is 19.3. The van der Waals surface area contributed by atoms with Crippen molar-refractivity contribution in [2.75, 3.05) is 12.0 Å². The highest BCUT2D eigenvalue weighted by Gasteiger charge is 2.36. The number of para-hydroxylation sites is 1. The number of halogens is 2. The first-order valence-corrected chi connectivity index (χ1v) is 9.79. The molecule has 162 valence electrons. The number of ether oxygens (including phenoxy) is 2. The van der Waals surface area contributed by atoms with Crippen molar-refractivity contribution in [3.63, 3.8) is 0 Å². The maximum atomic E-state index is 13.5. The normalized spacial score (nSPS) is 14.7. The molecule has 0 aliphatic carbocycles. The molecule has 0 saturated heterocycles. The Morgan fingerprint density at radius 1 is 0.875 bits per heavy atom. The zero-order valence-electron chi connectivity index (χ0n) is 17.3. The Hall–Kier alpha value is -4.00. The second-order valence-electron chi connectivity index (χ2n) is 7.12. The summed E-state index contributed by atoms with van der Waals surface area (Å²) in [5.74, 6) is -0.898. The minimum Gasteiger partial charge on any atom is -0.493 e. The number of carbonyl (C=O) groups is 2. The van der Waals surface area contributed by atoms with E-state index in [1.807, 2.05) is 19.1 Å². The van der Waals surface area contributed by atoms with E-state index in [0.717, 1.165) is 10.5 Å². The van der Waals surface area contributed by atoms with Crippen LogP contribution in [-0.2, 0) is 4.79 Å². The SMILES string of the molecule is COc1cc(/C=C2\C(=O)N(c3ccccc3C)C(=O)c3ccccc32)ccc1OC(F)F. The molecule has 0 spiro atoms. The largest absolute Gasteiger partial charge is 0.493 e. The second kappa shape index (κ2) is 8.63. The maximum Gasteiger partial charge on any atom is 0.387 e. The fourth-order valence-electron chi connectivity index (χ4n) is 3.66. The Kier molecular flexibility index (Phi) is 5.73. The van der Waals surface area contributed by atoms with Gasteiger partial charge in [0.25, 0.3) is 11.8 Å². The Balaban J connectivity index is 1.85. The van der Waals surface area contributed by atoms with E-state index in [2.05, 4.69) is 4.74 Å². The third-order valence-electron chi connectivity index (χ3n) is 5.16. The van der Waals surface area contributed by atoms with Crippen LogP contribution in [0.25, 0.3) is 11.6 Å². The summed E-state index contributed by atoms with van der Waals surface area (Å²) in [5, 5.41) is 0. The van der Waals surface area contributed by atoms with E-state index >= 15 is 0 Å². The van der Waals surface area contributed by atoms with Gasteiger partial charge in [-0.2, -0.15) is 8.78 Å². The van der Waals surface area contributed by atoms with Crippen molar-refractivity contribution in [2.45, 2.75) is 13.5 Å². The summed E-state index contributed by atoms with van der Waals surface area (Å²) in [6, 6.07) is 18.4. The van der Waals surface area contributed by atoms with Gasteiger partial charge in [0.15, 0.2) is 11.5 Å². The lowest BCUT2D eigenvalue weighted by Crippen LogP contribution is -2.42. The zero-order valence-corrected chi connectivity index (χ0v) is 17.3. The first kappa shape index (κ1) is 21.2. The maximum absolute atomic E-state index is 13.5. The summed E-state index contributed by atoms with van der Waals surface area (Å²) in [7, 11) is 1.34. The number of nitrogens with zero attached hydrogens (tertiary/aromatic N) is 1. The summed E-state index contributed by atoms with van der Waals surface area (Å²) in [6.45, 7) is -1.17. The van der Waals surface area contributed by atoms with Crippen LogP contribution >= 0.6 is 0 Å². The quantitative estimate of drug-likeness (QED) is 0.401. The molecule has 0 saturated carbocycles. The number of rotatable bonds is 5. The predicted octanol–water partition coefficient (Wildman–Crippen LogP) is 5.33. The van der Waals surface area contributed by atoms with Gasteiger partial charge in [-0.3, -0.25) is 9.59 Å². The van der Waals surface area contributed by atoms with Crippen LogP contribution in [0, 0.1) is 6.92 Å². The minimum absolute atomic E-state index is 0.100. The van der Waals surface area contributed by atoms with Crippen molar-refractivity contribution in [1.82, 2.24) is 0 Å². The molecule has 7 heteroatoms. The average Bonchev–Trinajstić information content (AvgIpc) is 2.78. The Morgan fingerprint density at radius 2 is 1.56 bits per heavy atom. The van der Waals surface area contributed by atoms with Crippen molar-refractivity contribution in [2.24, 2.45) is 0 Å². The molecule has 0 atom stereocenters. The number of anilines is 1. The number of amides is 2. The van der Waals surface area contributed by atoms with Crippen molar-refractivity contribution < 1.29 is 27.8 Å². The molecule has 2 amide bonds. The fourth-order valence-corrected chi connectivity index (χ4v) is 3.66. The highest BCUT2D eigenvalue weighted by Crippen LogP contribution is 2.36. The van der Waals surface area contributed by atoms with E-state index in [0.29, 0.717) is 28.0 Å². The summed E-state index contributed by atoms with van der Waals surface area (Å²) >= 11 is 0. The Bertz CT molecular complexity index is 1240. The van der Waals surface area contributed by atoms with Gasteiger partial charge in [-0.1, -0.05) is 42.5 Å². The number of benzene rings is 3. The van der Waals surface area contributed by atoms with Gasteiger partial charge in [0, 0.05) is 11.1 Å². The molecule has 0 radical (unpaired) electrons. The molecule has 1 aliphatic rings. The smallest absolute Gasteiger partial charge is 0.387 e. The van der Waals surface area contributed by atoms with E-state index in [9.17, 15) is 18.4 Å². The topological polar surface area (TPSA) is 55.8 Å². The monoisotopic (exact) mass is 435 g/mol. The molecule has 0 unspecified atom stereocenters. The minimum atomic E-state index is -2.99. The summed E-state index contributed by atoms with van der Waals surface area (Å²) in [6.07, 6.45) is 1.60.